The minimum absolute atomic E-state index is 0.0303. The smallest absolute Gasteiger partial charge is 0.187 e. The first kappa shape index (κ1) is 23.1. The van der Waals surface area contributed by atoms with Crippen LogP contribution < -0.4 is 9.64 Å². The van der Waals surface area contributed by atoms with Crippen molar-refractivity contribution in [3.05, 3.63) is 99.9 Å². The van der Waals surface area contributed by atoms with Gasteiger partial charge in [-0.1, -0.05) is 65.7 Å². The van der Waals surface area contributed by atoms with Crippen LogP contribution in [-0.4, -0.2) is 42.9 Å². The average Bonchev–Trinajstić information content (AvgIpc) is 2.84. The van der Waals surface area contributed by atoms with Crippen molar-refractivity contribution in [2.45, 2.75) is 19.5 Å². The molecule has 5 nitrogen and oxygen atoms in total. The Bertz CT molecular complexity index is 1110. The number of aliphatic hydroxyl groups is 1. The molecular weight excluding hydrogens is 434 g/mol. The van der Waals surface area contributed by atoms with Gasteiger partial charge in [-0.05, 0) is 30.2 Å². The van der Waals surface area contributed by atoms with Crippen molar-refractivity contribution >= 4 is 23.0 Å². The second-order valence-electron chi connectivity index (χ2n) is 8.32. The van der Waals surface area contributed by atoms with Crippen molar-refractivity contribution in [3.8, 4) is 5.75 Å². The molecule has 3 aromatic rings. The van der Waals surface area contributed by atoms with Gasteiger partial charge in [-0.15, -0.1) is 0 Å². The first-order valence-electron chi connectivity index (χ1n) is 11.1. The number of ether oxygens (including phenoxy) is 1. The Labute approximate surface area is 200 Å². The van der Waals surface area contributed by atoms with Gasteiger partial charge in [-0.2, -0.15) is 0 Å². The second-order valence-corrected chi connectivity index (χ2v) is 8.73. The van der Waals surface area contributed by atoms with E-state index < -0.39 is 0 Å². The zero-order valence-corrected chi connectivity index (χ0v) is 19.5. The molecule has 6 heteroatoms. The monoisotopic (exact) mass is 461 g/mol. The van der Waals surface area contributed by atoms with E-state index in [-0.39, 0.29) is 19.3 Å². The molecule has 3 aromatic carbocycles. The number of anilines is 1. The minimum Gasteiger partial charge on any atom is -0.491 e. The standard InChI is InChI=1S/C27H28ClN3O2/c1-20-3-7-22(8-4-20)27-19-30(18-21-5-9-23(29-2)10-6-21)13-14-31(27)26-12-11-24(17-25(26)28)33-16-15-32/h3-12,17,27,32H,13-16,18-19H2,1H3/t27-/m0/s1. The lowest BCUT2D eigenvalue weighted by Gasteiger charge is -2.43. The van der Waals surface area contributed by atoms with Gasteiger partial charge in [0.25, 0.3) is 0 Å². The predicted molar refractivity (Wildman–Crippen MR) is 133 cm³/mol. The van der Waals surface area contributed by atoms with Crippen LogP contribution in [0.2, 0.25) is 5.02 Å². The minimum atomic E-state index is -0.0303. The molecule has 1 heterocycles. The normalized spacial score (nSPS) is 16.4. The van der Waals surface area contributed by atoms with Crippen LogP contribution in [0.5, 0.6) is 5.75 Å². The predicted octanol–water partition coefficient (Wildman–Crippen LogP) is 5.63. The van der Waals surface area contributed by atoms with E-state index in [1.165, 1.54) is 16.7 Å². The average molecular weight is 462 g/mol. The lowest BCUT2D eigenvalue weighted by Crippen LogP contribution is -2.48. The Hall–Kier alpha value is -3.04. The van der Waals surface area contributed by atoms with Gasteiger partial charge in [0.1, 0.15) is 12.4 Å². The summed E-state index contributed by atoms with van der Waals surface area (Å²) >= 11 is 6.69. The Balaban J connectivity index is 1.58. The van der Waals surface area contributed by atoms with Crippen LogP contribution in [0.4, 0.5) is 11.4 Å². The van der Waals surface area contributed by atoms with Gasteiger partial charge >= 0.3 is 0 Å². The topological polar surface area (TPSA) is 40.3 Å². The fraction of sp³-hybridized carbons (Fsp3) is 0.296. The van der Waals surface area contributed by atoms with Gasteiger partial charge in [-0.25, -0.2) is 4.85 Å². The largest absolute Gasteiger partial charge is 0.491 e. The molecule has 0 radical (unpaired) electrons. The Morgan fingerprint density at radius 1 is 1.06 bits per heavy atom. The maximum absolute atomic E-state index is 9.01. The second kappa shape index (κ2) is 10.7. The molecule has 1 saturated heterocycles. The number of piperazine rings is 1. The van der Waals surface area contributed by atoms with E-state index in [1.807, 2.05) is 42.5 Å². The fourth-order valence-corrected chi connectivity index (χ4v) is 4.53. The number of rotatable bonds is 7. The zero-order valence-electron chi connectivity index (χ0n) is 18.7. The lowest BCUT2D eigenvalue weighted by atomic mass is 9.99. The summed E-state index contributed by atoms with van der Waals surface area (Å²) in [5.41, 5.74) is 5.36. The third-order valence-corrected chi connectivity index (χ3v) is 6.29. The number of nitrogens with zero attached hydrogens (tertiary/aromatic N) is 3. The van der Waals surface area contributed by atoms with Crippen molar-refractivity contribution in [2.75, 3.05) is 37.7 Å². The summed E-state index contributed by atoms with van der Waals surface area (Å²) in [6, 6.07) is 22.5. The van der Waals surface area contributed by atoms with Crippen molar-refractivity contribution in [3.63, 3.8) is 0 Å². The maximum Gasteiger partial charge on any atom is 0.187 e. The quantitative estimate of drug-likeness (QED) is 0.462. The SMILES string of the molecule is [C-]#[N+]c1ccc(CN2CCN(c3ccc(OCCO)cc3Cl)[C@H](c3ccc(C)cc3)C2)cc1. The molecule has 0 aliphatic carbocycles. The highest BCUT2D eigenvalue weighted by molar-refractivity contribution is 6.33. The van der Waals surface area contributed by atoms with Crippen molar-refractivity contribution < 1.29 is 9.84 Å². The van der Waals surface area contributed by atoms with Crippen LogP contribution >= 0.6 is 11.6 Å². The summed E-state index contributed by atoms with van der Waals surface area (Å²) < 4.78 is 5.52. The van der Waals surface area contributed by atoms with Gasteiger partial charge in [0.2, 0.25) is 0 Å². The van der Waals surface area contributed by atoms with E-state index in [0.29, 0.717) is 16.5 Å². The lowest BCUT2D eigenvalue weighted by molar-refractivity contribution is 0.201. The molecule has 1 atom stereocenters. The highest BCUT2D eigenvalue weighted by Gasteiger charge is 2.29. The summed E-state index contributed by atoms with van der Waals surface area (Å²) in [7, 11) is 0. The van der Waals surface area contributed by atoms with Crippen LogP contribution in [-0.2, 0) is 6.54 Å². The molecule has 0 spiro atoms. The molecule has 170 valence electrons. The molecule has 0 amide bonds. The van der Waals surface area contributed by atoms with E-state index in [9.17, 15) is 0 Å². The number of hydrogen-bond acceptors (Lipinski definition) is 4. The van der Waals surface area contributed by atoms with Crippen LogP contribution in [0.3, 0.4) is 0 Å². The molecule has 1 aliphatic heterocycles. The molecule has 0 saturated carbocycles. The zero-order chi connectivity index (χ0) is 23.2. The number of halogens is 1. The summed E-state index contributed by atoms with van der Waals surface area (Å²) in [6.07, 6.45) is 0. The summed E-state index contributed by atoms with van der Waals surface area (Å²) in [5, 5.41) is 9.65. The van der Waals surface area contributed by atoms with E-state index in [2.05, 4.69) is 45.8 Å². The molecule has 4 rings (SSSR count). The highest BCUT2D eigenvalue weighted by atomic mass is 35.5. The number of aryl methyl sites for hydroxylation is 1. The molecule has 1 N–H and O–H groups in total. The van der Waals surface area contributed by atoms with Crippen molar-refractivity contribution in [1.82, 2.24) is 4.90 Å². The first-order valence-corrected chi connectivity index (χ1v) is 11.5. The molecule has 1 fully saturated rings. The van der Waals surface area contributed by atoms with Crippen LogP contribution in [0, 0.1) is 13.5 Å². The third kappa shape index (κ3) is 5.66. The molecule has 0 unspecified atom stereocenters. The molecule has 0 bridgehead atoms. The molecule has 1 aliphatic rings. The maximum atomic E-state index is 9.01. The van der Waals surface area contributed by atoms with Gasteiger partial charge in [0.15, 0.2) is 5.69 Å². The summed E-state index contributed by atoms with van der Waals surface area (Å²) in [6.45, 7) is 12.9. The number of benzene rings is 3. The van der Waals surface area contributed by atoms with E-state index in [1.54, 1.807) is 0 Å². The molecular formula is C27H28ClN3O2. The fourth-order valence-electron chi connectivity index (χ4n) is 4.25. The third-order valence-electron chi connectivity index (χ3n) is 5.99. The van der Waals surface area contributed by atoms with Crippen LogP contribution in [0.15, 0.2) is 66.7 Å². The van der Waals surface area contributed by atoms with Gasteiger partial charge < -0.3 is 14.7 Å². The number of hydrogen-bond donors (Lipinski definition) is 1. The summed E-state index contributed by atoms with van der Waals surface area (Å²) in [5.74, 6) is 0.659. The van der Waals surface area contributed by atoms with Crippen LogP contribution in [0.25, 0.3) is 4.85 Å². The first-order chi connectivity index (χ1) is 16.1. The van der Waals surface area contributed by atoms with Gasteiger partial charge in [-0.3, -0.25) is 4.90 Å². The van der Waals surface area contributed by atoms with Crippen molar-refractivity contribution in [1.29, 1.82) is 0 Å². The molecule has 0 aromatic heterocycles. The Kier molecular flexibility index (Phi) is 7.51. The Morgan fingerprint density at radius 3 is 2.48 bits per heavy atom. The van der Waals surface area contributed by atoms with Gasteiger partial charge in [0.05, 0.1) is 29.9 Å². The summed E-state index contributed by atoms with van der Waals surface area (Å²) in [4.78, 5) is 8.32. The van der Waals surface area contributed by atoms with Gasteiger partial charge in [0, 0.05) is 32.2 Å². The molecule has 33 heavy (non-hydrogen) atoms. The Morgan fingerprint density at radius 2 is 1.82 bits per heavy atom. The van der Waals surface area contributed by atoms with E-state index in [4.69, 9.17) is 28.0 Å². The highest BCUT2D eigenvalue weighted by Crippen LogP contribution is 2.37. The number of aliphatic hydroxyl groups excluding tert-OH is 1. The van der Waals surface area contributed by atoms with E-state index in [0.717, 1.165) is 31.9 Å². The van der Waals surface area contributed by atoms with E-state index >= 15 is 0 Å². The van der Waals surface area contributed by atoms with Crippen LogP contribution in [0.1, 0.15) is 22.7 Å². The van der Waals surface area contributed by atoms with Crippen molar-refractivity contribution in [2.24, 2.45) is 0 Å².